The number of aryl methyl sites for hydroxylation is 1. The monoisotopic (exact) mass is 550 g/mol. The van der Waals surface area contributed by atoms with Gasteiger partial charge in [-0.05, 0) is 55.2 Å². The summed E-state index contributed by atoms with van der Waals surface area (Å²) in [5.41, 5.74) is 1.73. The van der Waals surface area contributed by atoms with Crippen LogP contribution in [0.5, 0.6) is 0 Å². The molecule has 38 heavy (non-hydrogen) atoms. The summed E-state index contributed by atoms with van der Waals surface area (Å²) in [5, 5.41) is 3.89. The largest absolute Gasteiger partial charge is 0.416 e. The summed E-state index contributed by atoms with van der Waals surface area (Å²) in [6.45, 7) is 2.23. The minimum absolute atomic E-state index is 0.0751. The highest BCUT2D eigenvalue weighted by atomic mass is 32.2. The summed E-state index contributed by atoms with van der Waals surface area (Å²) in [5.74, 6) is 0.0941. The third kappa shape index (κ3) is 7.08. The molecule has 0 unspecified atom stereocenters. The van der Waals surface area contributed by atoms with Crippen LogP contribution in [0.4, 0.5) is 23.7 Å². The number of likely N-dealkylation sites (tertiary alicyclic amines) is 1. The van der Waals surface area contributed by atoms with Crippen LogP contribution in [-0.2, 0) is 29.5 Å². The molecule has 0 atom stereocenters. The van der Waals surface area contributed by atoms with Gasteiger partial charge in [0.1, 0.15) is 9.84 Å². The average Bonchev–Trinajstić information content (AvgIpc) is 3.18. The molecule has 2 heterocycles. The number of urea groups is 1. The van der Waals surface area contributed by atoms with E-state index in [1.165, 1.54) is 18.4 Å². The molecule has 3 aromatic rings. The number of alkyl halides is 3. The number of sulfone groups is 1. The van der Waals surface area contributed by atoms with Gasteiger partial charge >= 0.3 is 12.2 Å². The van der Waals surface area contributed by atoms with Crippen molar-refractivity contribution in [3.8, 4) is 0 Å². The lowest BCUT2D eigenvalue weighted by Gasteiger charge is -2.38. The molecule has 1 N–H and O–H groups in total. The number of carbonyl (C=O) groups excluding carboxylic acids is 1. The van der Waals surface area contributed by atoms with Crippen LogP contribution in [0, 0.1) is 0 Å². The first-order valence-corrected chi connectivity index (χ1v) is 14.6. The Balaban J connectivity index is 1.48. The van der Waals surface area contributed by atoms with Gasteiger partial charge in [0, 0.05) is 68.3 Å². The fraction of sp³-hybridized carbons (Fsp3) is 0.444. The zero-order valence-electron chi connectivity index (χ0n) is 21.5. The van der Waals surface area contributed by atoms with Crippen LogP contribution in [0.25, 0.3) is 10.9 Å². The zero-order chi connectivity index (χ0) is 27.5. The lowest BCUT2D eigenvalue weighted by molar-refractivity contribution is -0.137. The smallest absolute Gasteiger partial charge is 0.350 e. The van der Waals surface area contributed by atoms with Crippen molar-refractivity contribution in [2.24, 2.45) is 7.05 Å². The molecule has 1 aliphatic heterocycles. The lowest BCUT2D eigenvalue weighted by Crippen LogP contribution is -2.50. The third-order valence-electron chi connectivity index (χ3n) is 7.10. The molecule has 0 spiro atoms. The van der Waals surface area contributed by atoms with Gasteiger partial charge in [-0.2, -0.15) is 13.2 Å². The molecule has 1 aliphatic rings. The van der Waals surface area contributed by atoms with Crippen molar-refractivity contribution in [1.29, 1.82) is 0 Å². The molecule has 4 rings (SSSR count). The van der Waals surface area contributed by atoms with Gasteiger partial charge in [-0.3, -0.25) is 0 Å². The van der Waals surface area contributed by atoms with Gasteiger partial charge in [-0.15, -0.1) is 0 Å². The number of aromatic nitrogens is 1. The number of halogens is 3. The fourth-order valence-electron chi connectivity index (χ4n) is 5.00. The Morgan fingerprint density at radius 3 is 2.37 bits per heavy atom. The number of amides is 2. The molecular weight excluding hydrogens is 517 g/mol. The Hall–Kier alpha value is -3.05. The molecule has 0 aliphatic carbocycles. The van der Waals surface area contributed by atoms with E-state index in [1.807, 2.05) is 25.2 Å². The van der Waals surface area contributed by atoms with Crippen LogP contribution >= 0.6 is 0 Å². The maximum atomic E-state index is 13.4. The van der Waals surface area contributed by atoms with Crippen molar-refractivity contribution < 1.29 is 26.4 Å². The minimum Gasteiger partial charge on any atom is -0.350 e. The van der Waals surface area contributed by atoms with Crippen LogP contribution < -0.4 is 5.32 Å². The molecule has 0 saturated carbocycles. The Labute approximate surface area is 221 Å². The minimum atomic E-state index is -4.45. The van der Waals surface area contributed by atoms with Crippen LogP contribution in [0.2, 0.25) is 0 Å². The summed E-state index contributed by atoms with van der Waals surface area (Å²) in [6, 6.07) is 12.0. The normalized spacial score (nSPS) is 15.6. The molecule has 11 heteroatoms. The summed E-state index contributed by atoms with van der Waals surface area (Å²) in [7, 11) is -1.08. The predicted octanol–water partition coefficient (Wildman–Crippen LogP) is 4.78. The Morgan fingerprint density at radius 1 is 1.08 bits per heavy atom. The van der Waals surface area contributed by atoms with E-state index in [4.69, 9.17) is 0 Å². The van der Waals surface area contributed by atoms with Gasteiger partial charge in [0.15, 0.2) is 0 Å². The second-order valence-corrected chi connectivity index (χ2v) is 12.2. The van der Waals surface area contributed by atoms with Crippen LogP contribution in [0.15, 0.2) is 54.7 Å². The van der Waals surface area contributed by atoms with Crippen molar-refractivity contribution in [3.05, 3.63) is 65.9 Å². The molecule has 2 aromatic carbocycles. The van der Waals surface area contributed by atoms with Crippen LogP contribution in [0.3, 0.4) is 0 Å². The van der Waals surface area contributed by atoms with Crippen molar-refractivity contribution in [2.75, 3.05) is 43.5 Å². The molecule has 1 saturated heterocycles. The van der Waals surface area contributed by atoms with E-state index >= 15 is 0 Å². The van der Waals surface area contributed by atoms with E-state index in [9.17, 15) is 26.4 Å². The molecule has 0 bridgehead atoms. The second kappa shape index (κ2) is 11.4. The van der Waals surface area contributed by atoms with Crippen molar-refractivity contribution in [3.63, 3.8) is 0 Å². The Morgan fingerprint density at radius 2 is 1.74 bits per heavy atom. The highest BCUT2D eigenvalue weighted by molar-refractivity contribution is 7.90. The van der Waals surface area contributed by atoms with Gasteiger partial charge < -0.3 is 19.7 Å². The quantitative estimate of drug-likeness (QED) is 0.438. The van der Waals surface area contributed by atoms with Crippen molar-refractivity contribution in [2.45, 2.75) is 31.5 Å². The predicted molar refractivity (Wildman–Crippen MR) is 143 cm³/mol. The van der Waals surface area contributed by atoms with E-state index < -0.39 is 21.6 Å². The van der Waals surface area contributed by atoms with Crippen molar-refractivity contribution >= 4 is 32.5 Å². The maximum Gasteiger partial charge on any atom is 0.416 e. The van der Waals surface area contributed by atoms with Gasteiger partial charge in [-0.25, -0.2) is 13.2 Å². The molecule has 7 nitrogen and oxygen atoms in total. The third-order valence-corrected chi connectivity index (χ3v) is 8.03. The lowest BCUT2D eigenvalue weighted by atomic mass is 10.0. The number of carbonyl (C=O) groups is 1. The second-order valence-electron chi connectivity index (χ2n) is 9.93. The van der Waals surface area contributed by atoms with Crippen LogP contribution in [-0.4, -0.2) is 73.0 Å². The van der Waals surface area contributed by atoms with E-state index in [-0.39, 0.29) is 17.8 Å². The first-order chi connectivity index (χ1) is 17.9. The number of benzene rings is 2. The number of hydrogen-bond donors (Lipinski definition) is 1. The highest BCUT2D eigenvalue weighted by Crippen LogP contribution is 2.30. The molecule has 1 fully saturated rings. The van der Waals surface area contributed by atoms with Gasteiger partial charge in [-0.1, -0.05) is 18.2 Å². The number of piperidine rings is 1. The maximum absolute atomic E-state index is 13.4. The van der Waals surface area contributed by atoms with E-state index in [2.05, 4.69) is 27.0 Å². The fourth-order valence-corrected chi connectivity index (χ4v) is 5.59. The number of fused-ring (bicyclic) bond motifs is 1. The van der Waals surface area contributed by atoms with Crippen LogP contribution in [0.1, 0.15) is 24.0 Å². The molecule has 1 aromatic heterocycles. The number of nitrogens with one attached hydrogen (secondary N) is 1. The molecule has 0 radical (unpaired) electrons. The van der Waals surface area contributed by atoms with E-state index in [0.29, 0.717) is 51.1 Å². The first kappa shape index (κ1) is 28.0. The zero-order valence-corrected chi connectivity index (χ0v) is 22.4. The van der Waals surface area contributed by atoms with Gasteiger partial charge in [0.25, 0.3) is 0 Å². The van der Waals surface area contributed by atoms with Gasteiger partial charge in [0.2, 0.25) is 0 Å². The average molecular weight is 551 g/mol. The summed E-state index contributed by atoms with van der Waals surface area (Å²) in [4.78, 5) is 17.3. The summed E-state index contributed by atoms with van der Waals surface area (Å²) < 4.78 is 64.0. The van der Waals surface area contributed by atoms with E-state index in [0.717, 1.165) is 28.6 Å². The van der Waals surface area contributed by atoms with E-state index in [1.54, 1.807) is 4.90 Å². The number of para-hydroxylation sites is 1. The SMILES string of the molecule is Cn1cc(CCN(C(=O)Nc2ccc(C(F)(F)F)cc2)C2CCN(CCS(C)(=O)=O)CC2)c2ccccc21. The molecule has 206 valence electrons. The summed E-state index contributed by atoms with van der Waals surface area (Å²) in [6.07, 6.45) is 0.818. The highest BCUT2D eigenvalue weighted by Gasteiger charge is 2.31. The first-order valence-electron chi connectivity index (χ1n) is 12.6. The Bertz CT molecular complexity index is 1360. The summed E-state index contributed by atoms with van der Waals surface area (Å²) >= 11 is 0. The number of nitrogens with zero attached hydrogens (tertiary/aromatic N) is 3. The number of anilines is 1. The topological polar surface area (TPSA) is 74.7 Å². The number of hydrogen-bond acceptors (Lipinski definition) is 4. The Kier molecular flexibility index (Phi) is 8.37. The van der Waals surface area contributed by atoms with Gasteiger partial charge in [0.05, 0.1) is 11.3 Å². The number of rotatable bonds is 8. The standard InChI is InChI=1S/C27H33F3N4O3S/c1-32-19-20(24-5-3-4-6-25(24)32)11-16-34(23-12-14-33(15-13-23)17-18-38(2,36)37)26(35)31-22-9-7-21(8-10-22)27(28,29)30/h3-10,19,23H,11-18H2,1-2H3,(H,31,35). The van der Waals surface area contributed by atoms with Crippen molar-refractivity contribution in [1.82, 2.24) is 14.4 Å². The molecular formula is C27H33F3N4O3S. The molecule has 2 amide bonds.